The van der Waals surface area contributed by atoms with Crippen molar-refractivity contribution in [2.24, 2.45) is 0 Å². The Kier molecular flexibility index (Phi) is 4.73. The molecular formula is C24H22O4. The Morgan fingerprint density at radius 2 is 0.929 bits per heavy atom. The van der Waals surface area contributed by atoms with Crippen LogP contribution >= 0.6 is 0 Å². The molecule has 0 spiro atoms. The summed E-state index contributed by atoms with van der Waals surface area (Å²) in [6.45, 7) is 2.74. The van der Waals surface area contributed by atoms with Gasteiger partial charge in [0.25, 0.3) is 0 Å². The fraction of sp³-hybridized carbons (Fsp3) is 0.250. The average molecular weight is 374 g/mol. The second kappa shape index (κ2) is 7.66. The Morgan fingerprint density at radius 3 is 1.32 bits per heavy atom. The first-order valence-electron chi connectivity index (χ1n) is 9.65. The second-order valence-corrected chi connectivity index (χ2v) is 7.07. The van der Waals surface area contributed by atoms with Gasteiger partial charge < -0.3 is 18.9 Å². The summed E-state index contributed by atoms with van der Waals surface area (Å²) >= 11 is 0. The summed E-state index contributed by atoms with van der Waals surface area (Å²) < 4.78 is 22.7. The van der Waals surface area contributed by atoms with Crippen molar-refractivity contribution in [3.05, 3.63) is 72.8 Å². The molecule has 0 amide bonds. The van der Waals surface area contributed by atoms with Crippen LogP contribution in [0.25, 0.3) is 22.3 Å². The van der Waals surface area contributed by atoms with E-state index in [1.165, 1.54) is 0 Å². The Hall–Kier alpha value is -2.82. The van der Waals surface area contributed by atoms with Crippen molar-refractivity contribution in [1.29, 1.82) is 0 Å². The summed E-state index contributed by atoms with van der Waals surface area (Å²) in [7, 11) is 0. The molecule has 4 nitrogen and oxygen atoms in total. The average Bonchev–Trinajstić information content (AvgIpc) is 3.66. The van der Waals surface area contributed by atoms with Gasteiger partial charge in [0.1, 0.15) is 36.9 Å². The second-order valence-electron chi connectivity index (χ2n) is 7.07. The van der Waals surface area contributed by atoms with Gasteiger partial charge in [-0.25, -0.2) is 0 Å². The Bertz CT molecular complexity index is 882. The molecule has 0 aromatic heterocycles. The summed E-state index contributed by atoms with van der Waals surface area (Å²) in [5, 5.41) is 0. The van der Waals surface area contributed by atoms with Gasteiger partial charge in [0.2, 0.25) is 0 Å². The van der Waals surface area contributed by atoms with Crippen molar-refractivity contribution >= 4 is 0 Å². The van der Waals surface area contributed by atoms with Gasteiger partial charge in [-0.3, -0.25) is 0 Å². The van der Waals surface area contributed by atoms with Gasteiger partial charge in [-0.1, -0.05) is 60.7 Å². The summed E-state index contributed by atoms with van der Waals surface area (Å²) in [5.74, 6) is 1.74. The van der Waals surface area contributed by atoms with Crippen molar-refractivity contribution in [3.8, 4) is 33.8 Å². The van der Waals surface area contributed by atoms with Crippen molar-refractivity contribution in [1.82, 2.24) is 0 Å². The van der Waals surface area contributed by atoms with Crippen LogP contribution in [-0.4, -0.2) is 38.6 Å². The van der Waals surface area contributed by atoms with E-state index in [9.17, 15) is 0 Å². The van der Waals surface area contributed by atoms with Crippen LogP contribution in [0.15, 0.2) is 72.8 Å². The van der Waals surface area contributed by atoms with Crippen LogP contribution in [0, 0.1) is 0 Å². The van der Waals surface area contributed by atoms with Gasteiger partial charge in [0, 0.05) is 11.1 Å². The fourth-order valence-corrected chi connectivity index (χ4v) is 3.28. The number of benzene rings is 3. The Morgan fingerprint density at radius 1 is 0.571 bits per heavy atom. The molecule has 2 heterocycles. The van der Waals surface area contributed by atoms with Crippen LogP contribution in [0.1, 0.15) is 0 Å². The zero-order valence-electron chi connectivity index (χ0n) is 15.5. The van der Waals surface area contributed by atoms with E-state index in [1.807, 2.05) is 36.4 Å². The van der Waals surface area contributed by atoms with E-state index in [0.717, 1.165) is 47.0 Å². The van der Waals surface area contributed by atoms with E-state index in [1.54, 1.807) is 0 Å². The van der Waals surface area contributed by atoms with Crippen LogP contribution in [0.3, 0.4) is 0 Å². The summed E-state index contributed by atoms with van der Waals surface area (Å²) in [5.41, 5.74) is 4.38. The lowest BCUT2D eigenvalue weighted by Gasteiger charge is -2.17. The highest BCUT2D eigenvalue weighted by atomic mass is 16.6. The number of para-hydroxylation sites is 2. The van der Waals surface area contributed by atoms with E-state index < -0.39 is 0 Å². The van der Waals surface area contributed by atoms with Crippen molar-refractivity contribution in [2.45, 2.75) is 12.2 Å². The van der Waals surface area contributed by atoms with Crippen molar-refractivity contribution < 1.29 is 18.9 Å². The quantitative estimate of drug-likeness (QED) is 0.542. The summed E-state index contributed by atoms with van der Waals surface area (Å²) in [6.07, 6.45) is 0.448. The zero-order valence-corrected chi connectivity index (χ0v) is 15.5. The molecule has 2 unspecified atom stereocenters. The number of hydrogen-bond acceptors (Lipinski definition) is 4. The smallest absolute Gasteiger partial charge is 0.127 e. The standard InChI is InChI=1S/C24H22O4/c1-2-8-20(22-10-4-6-12-24(22)28-16-18-14-26-18)19(7-1)21-9-3-5-11-23(21)27-15-17-13-25-17/h1-12,17-18H,13-16H2. The third-order valence-corrected chi connectivity index (χ3v) is 4.94. The van der Waals surface area contributed by atoms with E-state index in [-0.39, 0.29) is 12.2 Å². The predicted molar refractivity (Wildman–Crippen MR) is 108 cm³/mol. The van der Waals surface area contributed by atoms with E-state index >= 15 is 0 Å². The molecule has 5 rings (SSSR count). The minimum Gasteiger partial charge on any atom is -0.490 e. The highest BCUT2D eigenvalue weighted by Crippen LogP contribution is 2.40. The molecule has 3 aromatic rings. The molecule has 2 fully saturated rings. The molecule has 142 valence electrons. The normalized spacial score (nSPS) is 19.9. The highest BCUT2D eigenvalue weighted by molar-refractivity contribution is 5.88. The van der Waals surface area contributed by atoms with Crippen LogP contribution in [-0.2, 0) is 9.47 Å². The molecule has 0 saturated carbocycles. The van der Waals surface area contributed by atoms with Crippen LogP contribution < -0.4 is 9.47 Å². The van der Waals surface area contributed by atoms with Gasteiger partial charge >= 0.3 is 0 Å². The van der Waals surface area contributed by atoms with E-state index in [4.69, 9.17) is 18.9 Å². The largest absolute Gasteiger partial charge is 0.490 e. The molecule has 4 heteroatoms. The molecule has 0 N–H and O–H groups in total. The SMILES string of the molecule is c1ccc(-c2ccccc2-c2ccccc2OCC2CO2)c(OCC2CO2)c1. The lowest BCUT2D eigenvalue weighted by molar-refractivity contribution is 0.263. The highest BCUT2D eigenvalue weighted by Gasteiger charge is 2.25. The molecule has 3 aromatic carbocycles. The van der Waals surface area contributed by atoms with E-state index in [0.29, 0.717) is 13.2 Å². The zero-order chi connectivity index (χ0) is 18.8. The lowest BCUT2D eigenvalue weighted by atomic mass is 9.93. The first-order chi connectivity index (χ1) is 13.9. The third-order valence-electron chi connectivity index (χ3n) is 4.94. The fourth-order valence-electron chi connectivity index (χ4n) is 3.28. The molecule has 0 aliphatic carbocycles. The molecule has 2 aliphatic rings. The summed E-state index contributed by atoms with van der Waals surface area (Å²) in [4.78, 5) is 0. The monoisotopic (exact) mass is 374 g/mol. The lowest BCUT2D eigenvalue weighted by Crippen LogP contribution is -2.05. The molecule has 0 radical (unpaired) electrons. The molecule has 2 aliphatic heterocycles. The van der Waals surface area contributed by atoms with Gasteiger partial charge in [0.05, 0.1) is 13.2 Å². The minimum absolute atomic E-state index is 0.224. The van der Waals surface area contributed by atoms with Crippen LogP contribution in [0.5, 0.6) is 11.5 Å². The third kappa shape index (κ3) is 3.88. The van der Waals surface area contributed by atoms with Gasteiger partial charge in [-0.05, 0) is 23.3 Å². The molecular weight excluding hydrogens is 352 g/mol. The van der Waals surface area contributed by atoms with Gasteiger partial charge in [-0.2, -0.15) is 0 Å². The Balaban J connectivity index is 1.52. The maximum absolute atomic E-state index is 6.05. The first-order valence-corrected chi connectivity index (χ1v) is 9.65. The number of rotatable bonds is 8. The first kappa shape index (κ1) is 17.3. The molecule has 28 heavy (non-hydrogen) atoms. The summed E-state index contributed by atoms with van der Waals surface area (Å²) in [6, 6.07) is 24.7. The van der Waals surface area contributed by atoms with Crippen molar-refractivity contribution in [2.75, 3.05) is 26.4 Å². The molecule has 2 atom stereocenters. The number of ether oxygens (including phenoxy) is 4. The van der Waals surface area contributed by atoms with Gasteiger partial charge in [0.15, 0.2) is 0 Å². The number of hydrogen-bond donors (Lipinski definition) is 0. The topological polar surface area (TPSA) is 43.5 Å². The minimum atomic E-state index is 0.224. The number of epoxide rings is 2. The molecule has 0 bridgehead atoms. The maximum atomic E-state index is 6.05. The Labute approximate surface area is 164 Å². The van der Waals surface area contributed by atoms with Gasteiger partial charge in [-0.15, -0.1) is 0 Å². The predicted octanol–water partition coefficient (Wildman–Crippen LogP) is 4.58. The van der Waals surface area contributed by atoms with Crippen LogP contribution in [0.2, 0.25) is 0 Å². The van der Waals surface area contributed by atoms with Crippen LogP contribution in [0.4, 0.5) is 0 Å². The molecule has 2 saturated heterocycles. The maximum Gasteiger partial charge on any atom is 0.127 e. The van der Waals surface area contributed by atoms with E-state index in [2.05, 4.69) is 36.4 Å². The van der Waals surface area contributed by atoms with Crippen molar-refractivity contribution in [3.63, 3.8) is 0 Å².